The third kappa shape index (κ3) is 5.22. The van der Waals surface area contributed by atoms with Crippen LogP contribution in [0, 0.1) is 6.92 Å². The van der Waals surface area contributed by atoms with Crippen LogP contribution in [0.1, 0.15) is 21.5 Å². The lowest BCUT2D eigenvalue weighted by molar-refractivity contribution is 0.102. The van der Waals surface area contributed by atoms with Gasteiger partial charge >= 0.3 is 0 Å². The van der Waals surface area contributed by atoms with Gasteiger partial charge in [0.25, 0.3) is 5.91 Å². The first-order valence-electron chi connectivity index (χ1n) is 8.59. The van der Waals surface area contributed by atoms with Gasteiger partial charge in [-0.1, -0.05) is 29.3 Å². The number of carbonyl (C=O) groups excluding carboxylic acids is 1. The number of carbonyl (C=O) groups is 1. The van der Waals surface area contributed by atoms with Crippen LogP contribution in [0.5, 0.6) is 5.75 Å². The zero-order valence-corrected chi connectivity index (χ0v) is 17.8. The van der Waals surface area contributed by atoms with Gasteiger partial charge in [0, 0.05) is 37.5 Å². The Kier molecular flexibility index (Phi) is 6.89. The minimum Gasteiger partial charge on any atom is -0.496 e. The maximum atomic E-state index is 12.7. The van der Waals surface area contributed by atoms with E-state index in [9.17, 15) is 4.79 Å². The highest BCUT2D eigenvalue weighted by molar-refractivity contribution is 7.98. The summed E-state index contributed by atoms with van der Waals surface area (Å²) >= 11 is 13.6. The number of hydrogen-bond acceptors (Lipinski definition) is 3. The molecule has 0 atom stereocenters. The Hall–Kier alpha value is -2.14. The number of ether oxygens (including phenoxy) is 1. The maximum absolute atomic E-state index is 12.7. The molecule has 0 saturated carbocycles. The Balaban J connectivity index is 1.78. The number of aryl methyl sites for hydroxylation is 1. The van der Waals surface area contributed by atoms with Gasteiger partial charge in [0.15, 0.2) is 0 Å². The lowest BCUT2D eigenvalue weighted by Crippen LogP contribution is -2.13. The Labute approximate surface area is 179 Å². The molecule has 0 aromatic heterocycles. The van der Waals surface area contributed by atoms with Crippen molar-refractivity contribution in [2.45, 2.75) is 17.6 Å². The van der Waals surface area contributed by atoms with Crippen molar-refractivity contribution in [2.24, 2.45) is 0 Å². The summed E-state index contributed by atoms with van der Waals surface area (Å²) in [5.41, 5.74) is 3.15. The first kappa shape index (κ1) is 20.6. The van der Waals surface area contributed by atoms with E-state index in [-0.39, 0.29) is 5.91 Å². The van der Waals surface area contributed by atoms with Gasteiger partial charge < -0.3 is 10.1 Å². The van der Waals surface area contributed by atoms with Crippen molar-refractivity contribution in [3.05, 3.63) is 87.4 Å². The minimum atomic E-state index is -0.189. The molecule has 3 rings (SSSR count). The van der Waals surface area contributed by atoms with E-state index < -0.39 is 0 Å². The molecule has 28 heavy (non-hydrogen) atoms. The van der Waals surface area contributed by atoms with E-state index >= 15 is 0 Å². The van der Waals surface area contributed by atoms with Crippen molar-refractivity contribution in [1.29, 1.82) is 0 Å². The van der Waals surface area contributed by atoms with Crippen LogP contribution in [0.2, 0.25) is 10.0 Å². The molecule has 0 aliphatic rings. The van der Waals surface area contributed by atoms with Crippen molar-refractivity contribution in [3.63, 3.8) is 0 Å². The second kappa shape index (κ2) is 9.37. The Morgan fingerprint density at radius 1 is 1.00 bits per heavy atom. The Bertz CT molecular complexity index is 990. The lowest BCUT2D eigenvalue weighted by Gasteiger charge is -2.12. The van der Waals surface area contributed by atoms with E-state index in [1.807, 2.05) is 49.4 Å². The quantitative estimate of drug-likeness (QED) is 0.433. The highest BCUT2D eigenvalue weighted by atomic mass is 35.5. The van der Waals surface area contributed by atoms with Crippen LogP contribution in [0.15, 0.2) is 65.6 Å². The summed E-state index contributed by atoms with van der Waals surface area (Å²) in [6, 6.07) is 18.5. The summed E-state index contributed by atoms with van der Waals surface area (Å²) in [5.74, 6) is 1.23. The molecule has 0 fully saturated rings. The van der Waals surface area contributed by atoms with Crippen molar-refractivity contribution < 1.29 is 9.53 Å². The maximum Gasteiger partial charge on any atom is 0.255 e. The van der Waals surface area contributed by atoms with E-state index in [1.165, 1.54) is 0 Å². The third-order valence-electron chi connectivity index (χ3n) is 4.20. The van der Waals surface area contributed by atoms with E-state index in [4.69, 9.17) is 27.9 Å². The zero-order valence-electron chi connectivity index (χ0n) is 15.5. The molecule has 3 aromatic carbocycles. The summed E-state index contributed by atoms with van der Waals surface area (Å²) in [4.78, 5) is 13.8. The fraction of sp³-hybridized carbons (Fsp3) is 0.136. The number of methoxy groups -OCH3 is 1. The molecular formula is C22H19Cl2NO2S. The monoisotopic (exact) mass is 431 g/mol. The van der Waals surface area contributed by atoms with E-state index in [1.54, 1.807) is 37.1 Å². The van der Waals surface area contributed by atoms with E-state index in [2.05, 4.69) is 5.32 Å². The molecule has 1 N–H and O–H groups in total. The molecule has 144 valence electrons. The number of hydrogen-bond donors (Lipinski definition) is 1. The minimum absolute atomic E-state index is 0.189. The van der Waals surface area contributed by atoms with Crippen molar-refractivity contribution >= 4 is 46.6 Å². The number of benzene rings is 3. The molecule has 0 spiro atoms. The van der Waals surface area contributed by atoms with Gasteiger partial charge in [0.05, 0.1) is 7.11 Å². The first-order chi connectivity index (χ1) is 13.5. The highest BCUT2D eigenvalue weighted by Crippen LogP contribution is 2.30. The molecule has 0 aliphatic heterocycles. The average Bonchev–Trinajstić information content (AvgIpc) is 2.70. The third-order valence-corrected chi connectivity index (χ3v) is 5.75. The van der Waals surface area contributed by atoms with Crippen LogP contribution in [0.3, 0.4) is 0 Å². The molecular weight excluding hydrogens is 413 g/mol. The highest BCUT2D eigenvalue weighted by Gasteiger charge is 2.12. The van der Waals surface area contributed by atoms with Gasteiger partial charge in [-0.3, -0.25) is 4.79 Å². The molecule has 1 amide bonds. The van der Waals surface area contributed by atoms with Gasteiger partial charge in [-0.15, -0.1) is 11.8 Å². The van der Waals surface area contributed by atoms with Gasteiger partial charge in [-0.25, -0.2) is 0 Å². The normalized spacial score (nSPS) is 10.6. The van der Waals surface area contributed by atoms with Crippen LogP contribution in [0.4, 0.5) is 5.69 Å². The lowest BCUT2D eigenvalue weighted by atomic mass is 10.1. The number of nitrogens with one attached hydrogen (secondary N) is 1. The Morgan fingerprint density at radius 3 is 2.43 bits per heavy atom. The molecule has 3 aromatic rings. The first-order valence-corrected chi connectivity index (χ1v) is 10.3. The van der Waals surface area contributed by atoms with Crippen molar-refractivity contribution in [1.82, 2.24) is 0 Å². The average molecular weight is 432 g/mol. The standard InChI is InChI=1S/C22H19Cl2NO2S/c1-14-3-5-18(24)12-20(14)25-22(26)15-4-10-21(27-2)16(11-15)13-28-19-8-6-17(23)7-9-19/h3-12H,13H2,1-2H3,(H,25,26). The van der Waals surface area contributed by atoms with Crippen LogP contribution in [-0.2, 0) is 5.75 Å². The van der Waals surface area contributed by atoms with Gasteiger partial charge in [0.1, 0.15) is 5.75 Å². The molecule has 6 heteroatoms. The van der Waals surface area contributed by atoms with Gasteiger partial charge in [-0.2, -0.15) is 0 Å². The second-order valence-electron chi connectivity index (χ2n) is 6.18. The van der Waals surface area contributed by atoms with Crippen LogP contribution in [-0.4, -0.2) is 13.0 Å². The van der Waals surface area contributed by atoms with E-state index in [0.717, 1.165) is 21.8 Å². The van der Waals surface area contributed by atoms with Gasteiger partial charge in [0.2, 0.25) is 0 Å². The number of thioether (sulfide) groups is 1. The predicted molar refractivity (Wildman–Crippen MR) is 118 cm³/mol. The molecule has 0 radical (unpaired) electrons. The van der Waals surface area contributed by atoms with Crippen LogP contribution in [0.25, 0.3) is 0 Å². The van der Waals surface area contributed by atoms with Crippen LogP contribution >= 0.6 is 35.0 Å². The largest absolute Gasteiger partial charge is 0.496 e. The summed E-state index contributed by atoms with van der Waals surface area (Å²) in [6.45, 7) is 1.92. The zero-order chi connectivity index (χ0) is 20.1. The molecule has 0 bridgehead atoms. The molecule has 0 saturated heterocycles. The topological polar surface area (TPSA) is 38.3 Å². The van der Waals surface area contributed by atoms with Crippen molar-refractivity contribution in [2.75, 3.05) is 12.4 Å². The SMILES string of the molecule is COc1ccc(C(=O)Nc2cc(Cl)ccc2C)cc1CSc1ccc(Cl)cc1. The number of amides is 1. The molecule has 0 heterocycles. The van der Waals surface area contributed by atoms with Crippen molar-refractivity contribution in [3.8, 4) is 5.75 Å². The number of halogens is 2. The van der Waals surface area contributed by atoms with Crippen LogP contribution < -0.4 is 10.1 Å². The number of rotatable bonds is 6. The summed E-state index contributed by atoms with van der Waals surface area (Å²) in [5, 5.41) is 4.21. The molecule has 3 nitrogen and oxygen atoms in total. The van der Waals surface area contributed by atoms with Gasteiger partial charge in [-0.05, 0) is 67.1 Å². The predicted octanol–water partition coefficient (Wildman–Crippen LogP) is 6.86. The molecule has 0 aliphatic carbocycles. The van der Waals surface area contributed by atoms with E-state index in [0.29, 0.717) is 27.0 Å². The number of anilines is 1. The molecule has 0 unspecified atom stereocenters. The fourth-order valence-corrected chi connectivity index (χ4v) is 3.82. The summed E-state index contributed by atoms with van der Waals surface area (Å²) in [6.07, 6.45) is 0. The second-order valence-corrected chi connectivity index (χ2v) is 8.10. The Morgan fingerprint density at radius 2 is 1.71 bits per heavy atom. The summed E-state index contributed by atoms with van der Waals surface area (Å²) in [7, 11) is 1.63. The fourth-order valence-electron chi connectivity index (χ4n) is 2.65. The smallest absolute Gasteiger partial charge is 0.255 e. The summed E-state index contributed by atoms with van der Waals surface area (Å²) < 4.78 is 5.46.